The monoisotopic (exact) mass is 265 g/mol. The Balaban J connectivity index is 0.000000133. The van der Waals surface area contributed by atoms with E-state index in [0.717, 1.165) is 0 Å². The van der Waals surface area contributed by atoms with Crippen molar-refractivity contribution in [3.05, 3.63) is 66.9 Å². The van der Waals surface area contributed by atoms with Crippen molar-refractivity contribution >= 4 is 5.97 Å². The quantitative estimate of drug-likeness (QED) is 0.570. The Morgan fingerprint density at radius 2 is 1.35 bits per heavy atom. The van der Waals surface area contributed by atoms with Gasteiger partial charge >= 0.3 is 11.9 Å². The third-order valence-corrected chi connectivity index (χ3v) is 3.05. The topological polar surface area (TPSA) is 63.3 Å². The van der Waals surface area contributed by atoms with Crippen molar-refractivity contribution < 1.29 is 14.3 Å². The number of oxazole rings is 1. The zero-order valence-electron chi connectivity index (χ0n) is 10.5. The number of aromatic carboxylic acids is 1. The van der Waals surface area contributed by atoms with E-state index in [4.69, 9.17) is 5.11 Å². The van der Waals surface area contributed by atoms with Crippen molar-refractivity contribution in [2.24, 2.45) is 0 Å². The highest BCUT2D eigenvalue weighted by Gasteiger charge is 2.19. The van der Waals surface area contributed by atoms with Crippen LogP contribution in [0.15, 0.2) is 65.4 Å². The first-order chi connectivity index (χ1) is 9.77. The highest BCUT2D eigenvalue weighted by Crippen LogP contribution is 2.46. The van der Waals surface area contributed by atoms with E-state index in [9.17, 15) is 4.79 Å². The average molecular weight is 265 g/mol. The Morgan fingerprint density at radius 1 is 0.900 bits per heavy atom. The number of carbonyl (C=O) groups is 1. The zero-order valence-corrected chi connectivity index (χ0v) is 10.5. The Kier molecular flexibility index (Phi) is 3.05. The summed E-state index contributed by atoms with van der Waals surface area (Å²) >= 11 is 0. The summed E-state index contributed by atoms with van der Waals surface area (Å²) < 4.78 is 4.38. The van der Waals surface area contributed by atoms with Crippen molar-refractivity contribution in [3.8, 4) is 22.3 Å². The molecule has 1 aliphatic rings. The van der Waals surface area contributed by atoms with E-state index in [1.165, 1.54) is 34.7 Å². The number of carboxylic acids is 1. The maximum atomic E-state index is 9.91. The van der Waals surface area contributed by atoms with Crippen LogP contribution in [0.5, 0.6) is 0 Å². The summed E-state index contributed by atoms with van der Waals surface area (Å²) in [6, 6.07) is 17.1. The Morgan fingerprint density at radius 3 is 1.60 bits per heavy atom. The molecular weight excluding hydrogens is 254 g/mol. The molecule has 0 saturated heterocycles. The van der Waals surface area contributed by atoms with Crippen molar-refractivity contribution in [2.45, 2.75) is 0 Å². The second-order valence-corrected chi connectivity index (χ2v) is 4.23. The first kappa shape index (κ1) is 12.2. The van der Waals surface area contributed by atoms with E-state index in [1.807, 2.05) is 0 Å². The van der Waals surface area contributed by atoms with Gasteiger partial charge in [-0.05, 0) is 22.3 Å². The largest absolute Gasteiger partial charge is 0.474 e. The molecule has 0 unspecified atom stereocenters. The summed E-state index contributed by atoms with van der Waals surface area (Å²) in [5.74, 6) is -1.42. The van der Waals surface area contributed by atoms with Gasteiger partial charge in [0.05, 0.1) is 6.20 Å². The molecule has 0 spiro atoms. The normalized spacial score (nSPS) is 10.4. The van der Waals surface area contributed by atoms with Crippen LogP contribution < -0.4 is 0 Å². The van der Waals surface area contributed by atoms with Crippen LogP contribution in [0.25, 0.3) is 22.3 Å². The lowest BCUT2D eigenvalue weighted by atomic mass is 9.81. The van der Waals surface area contributed by atoms with Gasteiger partial charge in [-0.2, -0.15) is 0 Å². The minimum Gasteiger partial charge on any atom is -0.474 e. The molecule has 4 heteroatoms. The molecule has 3 aromatic rings. The molecule has 0 saturated carbocycles. The van der Waals surface area contributed by atoms with E-state index in [-0.39, 0.29) is 5.89 Å². The number of hydrogen-bond acceptors (Lipinski definition) is 3. The fourth-order valence-electron chi connectivity index (χ4n) is 2.17. The highest BCUT2D eigenvalue weighted by atomic mass is 16.4. The number of rotatable bonds is 1. The minimum atomic E-state index is -1.14. The molecule has 0 bridgehead atoms. The van der Waals surface area contributed by atoms with Gasteiger partial charge < -0.3 is 9.52 Å². The van der Waals surface area contributed by atoms with Crippen LogP contribution in [-0.2, 0) is 0 Å². The van der Waals surface area contributed by atoms with Crippen molar-refractivity contribution in [3.63, 3.8) is 0 Å². The van der Waals surface area contributed by atoms with Gasteiger partial charge in [-0.15, -0.1) is 0 Å². The van der Waals surface area contributed by atoms with Crippen LogP contribution in [-0.4, -0.2) is 16.1 Å². The third kappa shape index (κ3) is 2.07. The summed E-state index contributed by atoms with van der Waals surface area (Å²) in [6.45, 7) is 0. The predicted molar refractivity (Wildman–Crippen MR) is 74.3 cm³/mol. The fourth-order valence-corrected chi connectivity index (χ4v) is 2.17. The molecule has 2 aromatic carbocycles. The van der Waals surface area contributed by atoms with Crippen LogP contribution in [0, 0.1) is 0 Å². The first-order valence-electron chi connectivity index (χ1n) is 6.09. The molecule has 1 heterocycles. The maximum absolute atomic E-state index is 9.91. The van der Waals surface area contributed by atoms with Gasteiger partial charge in [0, 0.05) is 0 Å². The smallest absolute Gasteiger partial charge is 0.392 e. The second kappa shape index (κ2) is 5.01. The fraction of sp³-hybridized carbons (Fsp3) is 0. The molecule has 1 aliphatic carbocycles. The van der Waals surface area contributed by atoms with Crippen LogP contribution in [0.4, 0.5) is 0 Å². The van der Waals surface area contributed by atoms with Crippen LogP contribution in [0.1, 0.15) is 10.7 Å². The Labute approximate surface area is 115 Å². The molecule has 0 amide bonds. The molecule has 20 heavy (non-hydrogen) atoms. The van der Waals surface area contributed by atoms with Gasteiger partial charge in [-0.3, -0.25) is 0 Å². The minimum absolute atomic E-state index is 0.273. The number of benzene rings is 2. The number of hydrogen-bond donors (Lipinski definition) is 1. The number of fused-ring (bicyclic) bond motifs is 4. The van der Waals surface area contributed by atoms with Gasteiger partial charge in [-0.1, -0.05) is 48.5 Å². The van der Waals surface area contributed by atoms with E-state index in [0.29, 0.717) is 0 Å². The van der Waals surface area contributed by atoms with Crippen molar-refractivity contribution in [2.75, 3.05) is 0 Å². The van der Waals surface area contributed by atoms with Crippen molar-refractivity contribution in [1.82, 2.24) is 4.98 Å². The van der Waals surface area contributed by atoms with Gasteiger partial charge in [-0.25, -0.2) is 9.78 Å². The van der Waals surface area contributed by atoms with Crippen LogP contribution in [0.3, 0.4) is 0 Å². The number of aromatic nitrogens is 1. The SMILES string of the molecule is O=C(O)c1ncco1.c1ccc2c(c1)-c1ccccc1-2. The summed E-state index contributed by atoms with van der Waals surface area (Å²) in [7, 11) is 0. The lowest BCUT2D eigenvalue weighted by Crippen LogP contribution is -1.96. The molecule has 0 radical (unpaired) electrons. The standard InChI is InChI=1S/C12H8.C4H3NO3/c1-2-6-10-9(5-1)11-7-3-4-8-12(10)11;6-4(7)3-5-1-2-8-3/h1-8H;1-2H,(H,6,7). The number of carboxylic acid groups (broad SMARTS) is 1. The molecule has 4 rings (SSSR count). The van der Waals surface area contributed by atoms with Gasteiger partial charge in [0.15, 0.2) is 0 Å². The molecule has 0 fully saturated rings. The first-order valence-corrected chi connectivity index (χ1v) is 6.09. The average Bonchev–Trinajstić information content (AvgIpc) is 3.00. The van der Waals surface area contributed by atoms with E-state index >= 15 is 0 Å². The van der Waals surface area contributed by atoms with Crippen LogP contribution >= 0.6 is 0 Å². The van der Waals surface area contributed by atoms with E-state index in [2.05, 4.69) is 57.9 Å². The van der Waals surface area contributed by atoms with E-state index in [1.54, 1.807) is 0 Å². The summed E-state index contributed by atoms with van der Waals surface area (Å²) in [5.41, 5.74) is 5.59. The molecule has 4 nitrogen and oxygen atoms in total. The van der Waals surface area contributed by atoms with Gasteiger partial charge in [0.2, 0.25) is 0 Å². The molecule has 0 aliphatic heterocycles. The van der Waals surface area contributed by atoms with Crippen molar-refractivity contribution in [1.29, 1.82) is 0 Å². The summed E-state index contributed by atoms with van der Waals surface area (Å²) in [4.78, 5) is 13.3. The molecule has 0 atom stereocenters. The second-order valence-electron chi connectivity index (χ2n) is 4.23. The zero-order chi connectivity index (χ0) is 13.9. The molecule has 1 N–H and O–H groups in total. The highest BCUT2D eigenvalue weighted by molar-refractivity contribution is 6.02. The molecule has 98 valence electrons. The summed E-state index contributed by atoms with van der Waals surface area (Å²) in [5, 5.41) is 8.12. The molecule has 1 aromatic heterocycles. The van der Waals surface area contributed by atoms with Gasteiger partial charge in [0.25, 0.3) is 0 Å². The Hall–Kier alpha value is -2.88. The summed E-state index contributed by atoms with van der Waals surface area (Å²) in [6.07, 6.45) is 2.49. The molecular formula is C16H11NO3. The van der Waals surface area contributed by atoms with Crippen LogP contribution in [0.2, 0.25) is 0 Å². The third-order valence-electron chi connectivity index (χ3n) is 3.05. The van der Waals surface area contributed by atoms with E-state index < -0.39 is 5.97 Å². The number of nitrogens with zero attached hydrogens (tertiary/aromatic N) is 1. The van der Waals surface area contributed by atoms with Gasteiger partial charge in [0.1, 0.15) is 6.26 Å². The maximum Gasteiger partial charge on any atom is 0.392 e. The lowest BCUT2D eigenvalue weighted by molar-refractivity contribution is 0.0653. The Bertz CT molecular complexity index is 648. The lowest BCUT2D eigenvalue weighted by Gasteiger charge is -2.22. The predicted octanol–water partition coefficient (Wildman–Crippen LogP) is 3.71.